The van der Waals surface area contributed by atoms with Crippen LogP contribution >= 0.6 is 15.9 Å². The number of rotatable bonds is 6. The second-order valence-corrected chi connectivity index (χ2v) is 5.97. The molecule has 0 spiro atoms. The van der Waals surface area contributed by atoms with Crippen molar-refractivity contribution in [3.8, 4) is 5.75 Å². The van der Waals surface area contributed by atoms with Crippen LogP contribution in [0.4, 0.5) is 4.39 Å². The Balaban J connectivity index is 1.98. The van der Waals surface area contributed by atoms with Gasteiger partial charge in [-0.1, -0.05) is 35.8 Å². The fraction of sp³-hybridized carbons (Fsp3) is 0.312. The minimum absolute atomic E-state index is 0.311. The van der Waals surface area contributed by atoms with E-state index in [1.54, 1.807) is 6.07 Å². The van der Waals surface area contributed by atoms with E-state index < -0.39 is 0 Å². The van der Waals surface area contributed by atoms with Gasteiger partial charge in [0.1, 0.15) is 18.2 Å². The van der Waals surface area contributed by atoms with Gasteiger partial charge in [0.05, 0.1) is 11.4 Å². The predicted octanol–water partition coefficient (Wildman–Crippen LogP) is 4.06. The van der Waals surface area contributed by atoms with Crippen LogP contribution < -0.4 is 10.1 Å². The molecule has 0 bridgehead atoms. The van der Waals surface area contributed by atoms with Crippen molar-refractivity contribution in [1.29, 1.82) is 0 Å². The summed E-state index contributed by atoms with van der Waals surface area (Å²) < 4.78 is 19.5. The summed E-state index contributed by atoms with van der Waals surface area (Å²) in [7, 11) is 0. The van der Waals surface area contributed by atoms with Gasteiger partial charge in [-0.15, -0.1) is 0 Å². The van der Waals surface area contributed by atoms with E-state index in [0.29, 0.717) is 22.9 Å². The third-order valence-corrected chi connectivity index (χ3v) is 3.24. The topological polar surface area (TPSA) is 34.1 Å². The first-order valence-corrected chi connectivity index (χ1v) is 7.59. The first-order chi connectivity index (χ1) is 10.0. The lowest BCUT2D eigenvalue weighted by Crippen LogP contribution is -2.22. The van der Waals surface area contributed by atoms with Crippen LogP contribution in [0, 0.1) is 5.82 Å². The molecule has 5 heteroatoms. The molecule has 0 fully saturated rings. The highest BCUT2D eigenvalue weighted by Gasteiger charge is 2.03. The lowest BCUT2D eigenvalue weighted by atomic mass is 10.3. The van der Waals surface area contributed by atoms with E-state index in [9.17, 15) is 4.39 Å². The molecule has 0 aliphatic heterocycles. The van der Waals surface area contributed by atoms with Gasteiger partial charge in [0.15, 0.2) is 0 Å². The molecule has 0 unspecified atom stereocenters. The van der Waals surface area contributed by atoms with Crippen molar-refractivity contribution in [3.63, 3.8) is 0 Å². The number of pyridine rings is 1. The number of nitrogens with zero attached hydrogens (tertiary/aromatic N) is 1. The first kappa shape index (κ1) is 15.9. The molecule has 1 aromatic carbocycles. The molecule has 21 heavy (non-hydrogen) atoms. The number of ether oxygens (including phenoxy) is 1. The second kappa shape index (κ2) is 7.52. The Morgan fingerprint density at radius 2 is 2.00 bits per heavy atom. The molecule has 0 radical (unpaired) electrons. The Morgan fingerprint density at radius 1 is 1.24 bits per heavy atom. The Labute approximate surface area is 132 Å². The maximum atomic E-state index is 13.3. The molecule has 1 heterocycles. The molecule has 0 aliphatic carbocycles. The largest absolute Gasteiger partial charge is 0.487 e. The van der Waals surface area contributed by atoms with Crippen molar-refractivity contribution in [2.75, 3.05) is 0 Å². The van der Waals surface area contributed by atoms with E-state index in [4.69, 9.17) is 4.74 Å². The zero-order chi connectivity index (χ0) is 15.2. The molecular formula is C16H18BrFN2O. The minimum Gasteiger partial charge on any atom is -0.487 e. The Hall–Kier alpha value is -1.46. The quantitative estimate of drug-likeness (QED) is 0.851. The number of halogens is 2. The van der Waals surface area contributed by atoms with Gasteiger partial charge in [-0.25, -0.2) is 4.39 Å². The summed E-state index contributed by atoms with van der Waals surface area (Å²) in [4.78, 5) is 4.51. The van der Waals surface area contributed by atoms with E-state index in [1.165, 1.54) is 12.1 Å². The fourth-order valence-corrected chi connectivity index (χ4v) is 2.23. The number of benzene rings is 1. The molecule has 0 aliphatic rings. The third-order valence-electron chi connectivity index (χ3n) is 2.78. The van der Waals surface area contributed by atoms with Crippen LogP contribution in [0.1, 0.15) is 25.2 Å². The molecule has 0 saturated heterocycles. The average molecular weight is 353 g/mol. The van der Waals surface area contributed by atoms with Crippen LogP contribution in [0.25, 0.3) is 0 Å². The van der Waals surface area contributed by atoms with Crippen LogP contribution in [0.3, 0.4) is 0 Å². The van der Waals surface area contributed by atoms with Gasteiger partial charge >= 0.3 is 0 Å². The molecule has 0 saturated carbocycles. The lowest BCUT2D eigenvalue weighted by Gasteiger charge is -2.10. The summed E-state index contributed by atoms with van der Waals surface area (Å²) in [6.07, 6.45) is 0. The highest BCUT2D eigenvalue weighted by molar-refractivity contribution is 9.10. The summed E-state index contributed by atoms with van der Waals surface area (Å²) in [6, 6.07) is 10.7. The molecule has 1 N–H and O–H groups in total. The maximum absolute atomic E-state index is 13.3. The van der Waals surface area contributed by atoms with Crippen molar-refractivity contribution >= 4 is 15.9 Å². The average Bonchev–Trinajstić information content (AvgIpc) is 2.42. The van der Waals surface area contributed by atoms with Gasteiger partial charge in [0, 0.05) is 23.1 Å². The van der Waals surface area contributed by atoms with Crippen molar-refractivity contribution in [1.82, 2.24) is 10.3 Å². The highest BCUT2D eigenvalue weighted by Crippen LogP contribution is 2.21. The monoisotopic (exact) mass is 352 g/mol. The van der Waals surface area contributed by atoms with Gasteiger partial charge in [-0.05, 0) is 24.3 Å². The molecule has 112 valence electrons. The predicted molar refractivity (Wildman–Crippen MR) is 84.6 cm³/mol. The van der Waals surface area contributed by atoms with Crippen LogP contribution in [0.5, 0.6) is 5.75 Å². The molecule has 3 nitrogen and oxygen atoms in total. The van der Waals surface area contributed by atoms with E-state index in [-0.39, 0.29) is 5.82 Å². The summed E-state index contributed by atoms with van der Waals surface area (Å²) in [5.41, 5.74) is 1.78. The molecule has 0 amide bonds. The zero-order valence-electron chi connectivity index (χ0n) is 12.1. The van der Waals surface area contributed by atoms with E-state index in [2.05, 4.69) is 40.1 Å². The molecule has 2 aromatic rings. The van der Waals surface area contributed by atoms with Gasteiger partial charge in [-0.2, -0.15) is 0 Å². The normalized spacial score (nSPS) is 10.9. The number of nitrogens with one attached hydrogen (secondary N) is 1. The first-order valence-electron chi connectivity index (χ1n) is 6.80. The summed E-state index contributed by atoms with van der Waals surface area (Å²) in [5, 5.41) is 3.32. The maximum Gasteiger partial charge on any atom is 0.130 e. The van der Waals surface area contributed by atoms with Gasteiger partial charge in [0.2, 0.25) is 0 Å². The smallest absolute Gasteiger partial charge is 0.130 e. The van der Waals surface area contributed by atoms with Gasteiger partial charge < -0.3 is 10.1 Å². The Bertz CT molecular complexity index is 584. The number of hydrogen-bond donors (Lipinski definition) is 1. The zero-order valence-corrected chi connectivity index (χ0v) is 13.7. The molecular weight excluding hydrogens is 335 g/mol. The standard InChI is InChI=1S/C16H18BrFN2O/c1-11(2)19-9-14-4-3-5-15(20-14)10-21-16-7-12(17)6-13(18)8-16/h3-8,11,19H,9-10H2,1-2H3. The van der Waals surface area contributed by atoms with Crippen molar-refractivity contribution in [3.05, 3.63) is 58.1 Å². The van der Waals surface area contributed by atoms with E-state index in [1.807, 2.05) is 18.2 Å². The van der Waals surface area contributed by atoms with E-state index >= 15 is 0 Å². The van der Waals surface area contributed by atoms with Crippen LogP contribution in [-0.4, -0.2) is 11.0 Å². The van der Waals surface area contributed by atoms with Crippen molar-refractivity contribution in [2.45, 2.75) is 33.0 Å². The summed E-state index contributed by atoms with van der Waals surface area (Å²) in [6.45, 7) is 5.21. The number of hydrogen-bond acceptors (Lipinski definition) is 3. The van der Waals surface area contributed by atoms with Crippen LogP contribution in [0.15, 0.2) is 40.9 Å². The highest BCUT2D eigenvalue weighted by atomic mass is 79.9. The van der Waals surface area contributed by atoms with Crippen molar-refractivity contribution < 1.29 is 9.13 Å². The van der Waals surface area contributed by atoms with Crippen LogP contribution in [-0.2, 0) is 13.2 Å². The second-order valence-electron chi connectivity index (χ2n) is 5.05. The third kappa shape index (κ3) is 5.44. The SMILES string of the molecule is CC(C)NCc1cccc(COc2cc(F)cc(Br)c2)n1. The molecule has 0 atom stereocenters. The van der Waals surface area contributed by atoms with E-state index in [0.717, 1.165) is 17.9 Å². The lowest BCUT2D eigenvalue weighted by molar-refractivity contribution is 0.299. The van der Waals surface area contributed by atoms with Crippen molar-refractivity contribution in [2.24, 2.45) is 0 Å². The molecule has 2 rings (SSSR count). The Morgan fingerprint density at radius 3 is 2.71 bits per heavy atom. The fourth-order valence-electron chi connectivity index (χ4n) is 1.79. The summed E-state index contributed by atoms with van der Waals surface area (Å²) in [5.74, 6) is 0.150. The van der Waals surface area contributed by atoms with Gasteiger partial charge in [-0.3, -0.25) is 4.98 Å². The van der Waals surface area contributed by atoms with Gasteiger partial charge in [0.25, 0.3) is 0 Å². The molecule has 1 aromatic heterocycles. The van der Waals surface area contributed by atoms with Crippen LogP contribution in [0.2, 0.25) is 0 Å². The number of aromatic nitrogens is 1. The summed E-state index contributed by atoms with van der Waals surface area (Å²) >= 11 is 3.24. The minimum atomic E-state index is -0.331. The Kier molecular flexibility index (Phi) is 5.70.